The van der Waals surface area contributed by atoms with Gasteiger partial charge in [0.05, 0.1) is 11.5 Å². The number of halogens is 1. The molecule has 2 N–H and O–H groups in total. The second-order valence-electron chi connectivity index (χ2n) is 4.44. The molecule has 5 nitrogen and oxygen atoms in total. The smallest absolute Gasteiger partial charge is 0.275 e. The molecule has 1 aromatic carbocycles. The van der Waals surface area contributed by atoms with Gasteiger partial charge in [0.25, 0.3) is 5.69 Å². The monoisotopic (exact) mass is 316 g/mol. The number of benzene rings is 1. The summed E-state index contributed by atoms with van der Waals surface area (Å²) >= 11 is 3.22. The second-order valence-corrected chi connectivity index (χ2v) is 5.36. The average molecular weight is 317 g/mol. The minimum absolute atomic E-state index is 0.0159. The van der Waals surface area contributed by atoms with E-state index in [0.29, 0.717) is 16.6 Å². The molecule has 0 aliphatic rings. The maximum Gasteiger partial charge on any atom is 0.275 e. The van der Waals surface area contributed by atoms with Crippen molar-refractivity contribution < 1.29 is 10.0 Å². The molecule has 1 aromatic rings. The van der Waals surface area contributed by atoms with Gasteiger partial charge in [-0.15, -0.1) is 0 Å². The first kappa shape index (κ1) is 15.1. The molecule has 0 heterocycles. The average Bonchev–Trinajstić information content (AvgIpc) is 2.30. The van der Waals surface area contributed by atoms with Crippen molar-refractivity contribution in [3.63, 3.8) is 0 Å². The van der Waals surface area contributed by atoms with E-state index in [4.69, 9.17) is 0 Å². The van der Waals surface area contributed by atoms with Crippen LogP contribution in [0.3, 0.4) is 0 Å². The van der Waals surface area contributed by atoms with Crippen LogP contribution in [-0.2, 0) is 6.54 Å². The Labute approximate surface area is 114 Å². The molecular weight excluding hydrogens is 300 g/mol. The number of hydrogen-bond acceptors (Lipinski definition) is 4. The fraction of sp³-hybridized carbons (Fsp3) is 0.500. The number of nitro groups is 1. The lowest BCUT2D eigenvalue weighted by Crippen LogP contribution is -2.36. The molecule has 1 unspecified atom stereocenters. The SMILES string of the molecule is CC(C)C(CO)NCc1ccc(Br)cc1[N+](=O)[O-]. The summed E-state index contributed by atoms with van der Waals surface area (Å²) in [5.41, 5.74) is 0.694. The largest absolute Gasteiger partial charge is 0.395 e. The Hall–Kier alpha value is -0.980. The van der Waals surface area contributed by atoms with Gasteiger partial charge < -0.3 is 10.4 Å². The van der Waals surface area contributed by atoms with Crippen molar-refractivity contribution >= 4 is 21.6 Å². The minimum Gasteiger partial charge on any atom is -0.395 e. The molecule has 0 aliphatic carbocycles. The lowest BCUT2D eigenvalue weighted by Gasteiger charge is -2.19. The maximum absolute atomic E-state index is 10.9. The summed E-state index contributed by atoms with van der Waals surface area (Å²) in [5, 5.41) is 23.3. The normalized spacial score (nSPS) is 12.7. The molecule has 1 atom stereocenters. The van der Waals surface area contributed by atoms with Crippen LogP contribution >= 0.6 is 15.9 Å². The Morgan fingerprint density at radius 3 is 2.67 bits per heavy atom. The maximum atomic E-state index is 10.9. The number of nitrogens with one attached hydrogen (secondary N) is 1. The minimum atomic E-state index is -0.398. The fourth-order valence-corrected chi connectivity index (χ4v) is 1.96. The Morgan fingerprint density at radius 2 is 2.17 bits per heavy atom. The summed E-state index contributed by atoms with van der Waals surface area (Å²) in [5.74, 6) is 0.268. The quantitative estimate of drug-likeness (QED) is 0.624. The van der Waals surface area contributed by atoms with E-state index in [9.17, 15) is 15.2 Å². The third-order valence-corrected chi connectivity index (χ3v) is 3.29. The highest BCUT2D eigenvalue weighted by Gasteiger charge is 2.16. The van der Waals surface area contributed by atoms with Crippen LogP contribution in [0.15, 0.2) is 22.7 Å². The lowest BCUT2D eigenvalue weighted by atomic mass is 10.0. The first-order valence-corrected chi connectivity index (χ1v) is 6.52. The first-order chi connectivity index (χ1) is 8.45. The van der Waals surface area contributed by atoms with Gasteiger partial charge in [0.2, 0.25) is 0 Å². The van der Waals surface area contributed by atoms with Gasteiger partial charge in [-0.1, -0.05) is 29.8 Å². The third-order valence-electron chi connectivity index (χ3n) is 2.80. The number of nitro benzene ring substituents is 1. The molecule has 0 aliphatic heterocycles. The molecule has 100 valence electrons. The topological polar surface area (TPSA) is 75.4 Å². The van der Waals surface area contributed by atoms with Gasteiger partial charge in [-0.25, -0.2) is 0 Å². The highest BCUT2D eigenvalue weighted by Crippen LogP contribution is 2.23. The Morgan fingerprint density at radius 1 is 1.50 bits per heavy atom. The van der Waals surface area contributed by atoms with Crippen molar-refractivity contribution in [2.45, 2.75) is 26.4 Å². The zero-order chi connectivity index (χ0) is 13.7. The van der Waals surface area contributed by atoms with Crippen LogP contribution in [0.2, 0.25) is 0 Å². The molecule has 0 saturated carbocycles. The van der Waals surface area contributed by atoms with Gasteiger partial charge in [0, 0.05) is 28.7 Å². The van der Waals surface area contributed by atoms with Crippen LogP contribution in [0.25, 0.3) is 0 Å². The number of aliphatic hydroxyl groups excluding tert-OH is 1. The van der Waals surface area contributed by atoms with Crippen molar-refractivity contribution in [2.24, 2.45) is 5.92 Å². The number of rotatable bonds is 6. The van der Waals surface area contributed by atoms with Crippen molar-refractivity contribution in [3.8, 4) is 0 Å². The van der Waals surface area contributed by atoms with E-state index in [2.05, 4.69) is 21.2 Å². The van der Waals surface area contributed by atoms with Crippen LogP contribution in [0.1, 0.15) is 19.4 Å². The molecule has 0 amide bonds. The van der Waals surface area contributed by atoms with Crippen LogP contribution in [0, 0.1) is 16.0 Å². The number of hydrogen-bond donors (Lipinski definition) is 2. The molecular formula is C12H17BrN2O3. The summed E-state index contributed by atoms with van der Waals surface area (Å²) in [6, 6.07) is 4.91. The molecule has 0 saturated heterocycles. The van der Waals surface area contributed by atoms with Gasteiger partial charge in [0.1, 0.15) is 0 Å². The molecule has 6 heteroatoms. The van der Waals surface area contributed by atoms with Gasteiger partial charge in [0.15, 0.2) is 0 Å². The predicted octanol–water partition coefficient (Wildman–Crippen LogP) is 2.46. The van der Waals surface area contributed by atoms with E-state index in [-0.39, 0.29) is 24.3 Å². The highest BCUT2D eigenvalue weighted by atomic mass is 79.9. The number of aliphatic hydroxyl groups is 1. The zero-order valence-corrected chi connectivity index (χ0v) is 12.0. The Balaban J connectivity index is 2.81. The Bertz CT molecular complexity index is 424. The second kappa shape index (κ2) is 6.82. The van der Waals surface area contributed by atoms with E-state index < -0.39 is 4.92 Å². The lowest BCUT2D eigenvalue weighted by molar-refractivity contribution is -0.385. The first-order valence-electron chi connectivity index (χ1n) is 5.72. The van der Waals surface area contributed by atoms with E-state index in [1.54, 1.807) is 12.1 Å². The molecule has 0 radical (unpaired) electrons. The van der Waals surface area contributed by atoms with Crippen molar-refractivity contribution in [2.75, 3.05) is 6.61 Å². The molecule has 1 rings (SSSR count). The molecule has 18 heavy (non-hydrogen) atoms. The summed E-state index contributed by atoms with van der Waals surface area (Å²) in [4.78, 5) is 10.5. The van der Waals surface area contributed by atoms with Crippen molar-refractivity contribution in [1.29, 1.82) is 0 Å². The summed E-state index contributed by atoms with van der Waals surface area (Å²) in [7, 11) is 0. The molecule has 0 fully saturated rings. The van der Waals surface area contributed by atoms with Crippen molar-refractivity contribution in [3.05, 3.63) is 38.3 Å². The van der Waals surface area contributed by atoms with Crippen molar-refractivity contribution in [1.82, 2.24) is 5.32 Å². The third kappa shape index (κ3) is 4.04. The van der Waals surface area contributed by atoms with Gasteiger partial charge in [-0.2, -0.15) is 0 Å². The molecule has 0 aromatic heterocycles. The van der Waals surface area contributed by atoms with Crippen LogP contribution in [-0.4, -0.2) is 22.7 Å². The fourth-order valence-electron chi connectivity index (χ4n) is 1.61. The summed E-state index contributed by atoms with van der Waals surface area (Å²) in [6.07, 6.45) is 0. The molecule has 0 bridgehead atoms. The zero-order valence-electron chi connectivity index (χ0n) is 10.4. The van der Waals surface area contributed by atoms with E-state index in [1.807, 2.05) is 13.8 Å². The summed E-state index contributed by atoms with van der Waals surface area (Å²) in [6.45, 7) is 4.36. The van der Waals surface area contributed by atoms with E-state index >= 15 is 0 Å². The van der Waals surface area contributed by atoms with Crippen LogP contribution in [0.5, 0.6) is 0 Å². The predicted molar refractivity (Wildman–Crippen MR) is 73.3 cm³/mol. The van der Waals surface area contributed by atoms with Gasteiger partial charge in [-0.3, -0.25) is 10.1 Å². The molecule has 0 spiro atoms. The van der Waals surface area contributed by atoms with E-state index in [1.165, 1.54) is 6.07 Å². The highest BCUT2D eigenvalue weighted by molar-refractivity contribution is 9.10. The van der Waals surface area contributed by atoms with E-state index in [0.717, 1.165) is 0 Å². The van der Waals surface area contributed by atoms with Gasteiger partial charge in [-0.05, 0) is 18.1 Å². The van der Waals surface area contributed by atoms with Crippen LogP contribution < -0.4 is 5.32 Å². The van der Waals surface area contributed by atoms with Crippen LogP contribution in [0.4, 0.5) is 5.69 Å². The van der Waals surface area contributed by atoms with Gasteiger partial charge >= 0.3 is 0 Å². The Kier molecular flexibility index (Phi) is 5.71. The standard InChI is InChI=1S/C12H17BrN2O3/c1-8(2)11(7-16)14-6-9-3-4-10(13)5-12(9)15(17)18/h3-5,8,11,14,16H,6-7H2,1-2H3. The summed E-state index contributed by atoms with van der Waals surface area (Å²) < 4.78 is 0.681. The number of nitrogens with zero attached hydrogens (tertiary/aromatic N) is 1.